The second-order valence-electron chi connectivity index (χ2n) is 7.13. The van der Waals surface area contributed by atoms with Gasteiger partial charge in [-0.2, -0.15) is 0 Å². The van der Waals surface area contributed by atoms with Gasteiger partial charge in [0.1, 0.15) is 24.8 Å². The van der Waals surface area contributed by atoms with Crippen molar-refractivity contribution in [3.8, 4) is 5.75 Å². The second kappa shape index (κ2) is 6.74. The third-order valence-electron chi connectivity index (χ3n) is 4.97. The molecule has 0 bridgehead atoms. The Morgan fingerprint density at radius 2 is 2.04 bits per heavy atom. The third kappa shape index (κ3) is 3.08. The van der Waals surface area contributed by atoms with E-state index in [0.717, 1.165) is 16.8 Å². The SMILES string of the molecule is CC(=O)Oc1cccc(C2Nc3ccc(C(C)C)cc3C3OCOC23)c1. The van der Waals surface area contributed by atoms with Crippen molar-refractivity contribution in [1.82, 2.24) is 0 Å². The smallest absolute Gasteiger partial charge is 0.308 e. The molecule has 0 spiro atoms. The largest absolute Gasteiger partial charge is 0.427 e. The highest BCUT2D eigenvalue weighted by molar-refractivity contribution is 5.69. The molecular formula is C21H23NO4. The van der Waals surface area contributed by atoms with E-state index in [1.54, 1.807) is 6.07 Å². The number of carbonyl (C=O) groups is 1. The first kappa shape index (κ1) is 17.1. The van der Waals surface area contributed by atoms with E-state index in [1.807, 2.05) is 18.2 Å². The van der Waals surface area contributed by atoms with Crippen LogP contribution in [0, 0.1) is 0 Å². The fourth-order valence-corrected chi connectivity index (χ4v) is 3.68. The van der Waals surface area contributed by atoms with Crippen molar-refractivity contribution >= 4 is 11.7 Å². The maximum atomic E-state index is 11.3. The molecule has 5 heteroatoms. The van der Waals surface area contributed by atoms with Crippen LogP contribution in [0.2, 0.25) is 0 Å². The molecule has 3 unspecified atom stereocenters. The quantitative estimate of drug-likeness (QED) is 0.658. The van der Waals surface area contributed by atoms with Gasteiger partial charge >= 0.3 is 5.97 Å². The molecular weight excluding hydrogens is 330 g/mol. The number of rotatable bonds is 3. The Hall–Kier alpha value is -2.37. The first-order valence-corrected chi connectivity index (χ1v) is 8.95. The molecule has 1 fully saturated rings. The number of carbonyl (C=O) groups excluding carboxylic acids is 1. The van der Waals surface area contributed by atoms with Crippen LogP contribution >= 0.6 is 0 Å². The molecule has 1 N–H and O–H groups in total. The summed E-state index contributed by atoms with van der Waals surface area (Å²) in [5, 5.41) is 3.59. The summed E-state index contributed by atoms with van der Waals surface area (Å²) in [6.07, 6.45) is -0.232. The van der Waals surface area contributed by atoms with Crippen molar-refractivity contribution in [2.75, 3.05) is 12.1 Å². The number of hydrogen-bond donors (Lipinski definition) is 1. The average molecular weight is 353 g/mol. The van der Waals surface area contributed by atoms with Crippen molar-refractivity contribution < 1.29 is 19.0 Å². The van der Waals surface area contributed by atoms with E-state index in [0.29, 0.717) is 11.7 Å². The monoisotopic (exact) mass is 353 g/mol. The van der Waals surface area contributed by atoms with Crippen LogP contribution in [0.5, 0.6) is 5.75 Å². The number of fused-ring (bicyclic) bond motifs is 3. The number of ether oxygens (including phenoxy) is 3. The number of benzene rings is 2. The van der Waals surface area contributed by atoms with Crippen LogP contribution in [-0.2, 0) is 14.3 Å². The lowest BCUT2D eigenvalue weighted by atomic mass is 9.86. The van der Waals surface area contributed by atoms with Gasteiger partial charge in [-0.05, 0) is 35.2 Å². The van der Waals surface area contributed by atoms with Crippen molar-refractivity contribution in [3.05, 3.63) is 59.2 Å². The maximum absolute atomic E-state index is 11.3. The van der Waals surface area contributed by atoms with Gasteiger partial charge in [0, 0.05) is 18.2 Å². The predicted molar refractivity (Wildman–Crippen MR) is 98.2 cm³/mol. The number of anilines is 1. The van der Waals surface area contributed by atoms with Crippen LogP contribution in [0.25, 0.3) is 0 Å². The van der Waals surface area contributed by atoms with E-state index in [-0.39, 0.29) is 31.0 Å². The van der Waals surface area contributed by atoms with E-state index in [4.69, 9.17) is 14.2 Å². The molecule has 26 heavy (non-hydrogen) atoms. The van der Waals surface area contributed by atoms with Gasteiger partial charge in [0.15, 0.2) is 0 Å². The molecule has 0 amide bonds. The minimum absolute atomic E-state index is 0.0737. The Morgan fingerprint density at radius 3 is 2.81 bits per heavy atom. The molecule has 2 heterocycles. The van der Waals surface area contributed by atoms with Crippen molar-refractivity contribution in [1.29, 1.82) is 0 Å². The zero-order valence-corrected chi connectivity index (χ0v) is 15.2. The Morgan fingerprint density at radius 1 is 1.19 bits per heavy atom. The van der Waals surface area contributed by atoms with Crippen LogP contribution < -0.4 is 10.1 Å². The van der Waals surface area contributed by atoms with Gasteiger partial charge in [-0.1, -0.05) is 38.1 Å². The summed E-state index contributed by atoms with van der Waals surface area (Å²) in [5.74, 6) is 0.663. The zero-order chi connectivity index (χ0) is 18.3. The molecule has 2 aliphatic heterocycles. The summed E-state index contributed by atoms with van der Waals surface area (Å²) >= 11 is 0. The summed E-state index contributed by atoms with van der Waals surface area (Å²) in [5.41, 5.74) is 4.49. The molecule has 0 radical (unpaired) electrons. The van der Waals surface area contributed by atoms with Crippen LogP contribution in [0.1, 0.15) is 55.5 Å². The van der Waals surface area contributed by atoms with Gasteiger partial charge in [-0.25, -0.2) is 0 Å². The van der Waals surface area contributed by atoms with Gasteiger partial charge in [0.05, 0.1) is 6.04 Å². The summed E-state index contributed by atoms with van der Waals surface area (Å²) in [4.78, 5) is 11.3. The Labute approximate surface area is 153 Å². The van der Waals surface area contributed by atoms with Crippen LogP contribution in [0.3, 0.4) is 0 Å². The molecule has 2 aromatic rings. The van der Waals surface area contributed by atoms with Gasteiger partial charge in [0.25, 0.3) is 0 Å². The number of nitrogens with one attached hydrogen (secondary N) is 1. The lowest BCUT2D eigenvalue weighted by Crippen LogP contribution is -2.34. The average Bonchev–Trinajstić information content (AvgIpc) is 3.10. The van der Waals surface area contributed by atoms with Gasteiger partial charge in [-0.15, -0.1) is 0 Å². The van der Waals surface area contributed by atoms with Gasteiger partial charge in [0.2, 0.25) is 0 Å². The first-order chi connectivity index (χ1) is 12.5. The van der Waals surface area contributed by atoms with Crippen molar-refractivity contribution in [3.63, 3.8) is 0 Å². The third-order valence-corrected chi connectivity index (χ3v) is 4.97. The van der Waals surface area contributed by atoms with E-state index in [1.165, 1.54) is 12.5 Å². The fraction of sp³-hybridized carbons (Fsp3) is 0.381. The van der Waals surface area contributed by atoms with Gasteiger partial charge in [-0.3, -0.25) is 4.79 Å². The minimum Gasteiger partial charge on any atom is -0.427 e. The van der Waals surface area contributed by atoms with Crippen LogP contribution in [0.4, 0.5) is 5.69 Å². The molecule has 136 valence electrons. The van der Waals surface area contributed by atoms with Crippen molar-refractivity contribution in [2.24, 2.45) is 0 Å². The van der Waals surface area contributed by atoms with Gasteiger partial charge < -0.3 is 19.5 Å². The molecule has 0 saturated carbocycles. The molecule has 0 aromatic heterocycles. The topological polar surface area (TPSA) is 56.8 Å². The molecule has 3 atom stereocenters. The molecule has 1 saturated heterocycles. The van der Waals surface area contributed by atoms with Crippen LogP contribution in [-0.4, -0.2) is 18.9 Å². The highest BCUT2D eigenvalue weighted by Gasteiger charge is 2.43. The molecule has 5 nitrogen and oxygen atoms in total. The molecule has 4 rings (SSSR count). The summed E-state index contributed by atoms with van der Waals surface area (Å²) < 4.78 is 17.1. The van der Waals surface area contributed by atoms with E-state index in [2.05, 4.69) is 37.4 Å². The predicted octanol–water partition coefficient (Wildman–Crippen LogP) is 4.32. The zero-order valence-electron chi connectivity index (χ0n) is 15.2. The normalized spacial score (nSPS) is 23.9. The Balaban J connectivity index is 1.70. The van der Waals surface area contributed by atoms with E-state index < -0.39 is 0 Å². The van der Waals surface area contributed by atoms with Crippen molar-refractivity contribution in [2.45, 2.75) is 44.9 Å². The van der Waals surface area contributed by atoms with E-state index in [9.17, 15) is 4.79 Å². The summed E-state index contributed by atoms with van der Waals surface area (Å²) in [6, 6.07) is 14.0. The number of esters is 1. The lowest BCUT2D eigenvalue weighted by Gasteiger charge is -2.35. The molecule has 2 aliphatic rings. The highest BCUT2D eigenvalue weighted by Crippen LogP contribution is 2.46. The maximum Gasteiger partial charge on any atom is 0.308 e. The summed E-state index contributed by atoms with van der Waals surface area (Å²) in [6.45, 7) is 6.05. The summed E-state index contributed by atoms with van der Waals surface area (Å²) in [7, 11) is 0. The highest BCUT2D eigenvalue weighted by atomic mass is 16.7. The standard InChI is InChI=1S/C21H23NO4/c1-12(2)14-7-8-18-17(10-14)20-21(25-11-24-20)19(22-18)15-5-4-6-16(9-15)26-13(3)23/h4-10,12,19-22H,11H2,1-3H3. The molecule has 0 aliphatic carbocycles. The fourth-order valence-electron chi connectivity index (χ4n) is 3.68. The van der Waals surface area contributed by atoms with Crippen LogP contribution in [0.15, 0.2) is 42.5 Å². The van der Waals surface area contributed by atoms with E-state index >= 15 is 0 Å². The minimum atomic E-state index is -0.330. The Bertz CT molecular complexity index is 833. The number of hydrogen-bond acceptors (Lipinski definition) is 5. The molecule has 2 aromatic carbocycles. The Kier molecular flexibility index (Phi) is 4.42. The lowest BCUT2D eigenvalue weighted by molar-refractivity contribution is -0.131. The first-order valence-electron chi connectivity index (χ1n) is 8.95. The second-order valence-corrected chi connectivity index (χ2v) is 7.13.